The Bertz CT molecular complexity index is 465. The van der Waals surface area contributed by atoms with Crippen LogP contribution >= 0.6 is 27.5 Å². The van der Waals surface area contributed by atoms with Gasteiger partial charge < -0.3 is 17.2 Å². The maximum Gasteiger partial charge on any atom is 0.223 e. The maximum absolute atomic E-state index is 5.99. The number of hydrogen-bond donors (Lipinski definition) is 3. The van der Waals surface area contributed by atoms with Crippen LogP contribution in [0.2, 0.25) is 5.02 Å². The van der Waals surface area contributed by atoms with E-state index in [0.29, 0.717) is 10.7 Å². The van der Waals surface area contributed by atoms with Crippen molar-refractivity contribution in [2.24, 2.45) is 27.2 Å². The number of nitrogens with two attached hydrogens (primary N) is 3. The maximum atomic E-state index is 5.99. The van der Waals surface area contributed by atoms with E-state index in [1.807, 2.05) is 13.0 Å². The van der Waals surface area contributed by atoms with Gasteiger partial charge in [0.1, 0.15) is 0 Å². The molecule has 1 aromatic rings. The van der Waals surface area contributed by atoms with Gasteiger partial charge in [0.15, 0.2) is 5.96 Å². The van der Waals surface area contributed by atoms with Gasteiger partial charge in [-0.05, 0) is 24.6 Å². The lowest BCUT2D eigenvalue weighted by atomic mass is 10.2. The lowest BCUT2D eigenvalue weighted by molar-refractivity contribution is 1.33. The summed E-state index contributed by atoms with van der Waals surface area (Å²) in [5, 5.41) is 0.481. The van der Waals surface area contributed by atoms with E-state index >= 15 is 0 Å². The fraction of sp³-hybridized carbons (Fsp3) is 0.111. The van der Waals surface area contributed by atoms with Gasteiger partial charge >= 0.3 is 0 Å². The van der Waals surface area contributed by atoms with Crippen LogP contribution in [0.1, 0.15) is 5.56 Å². The molecule has 0 aromatic heterocycles. The summed E-state index contributed by atoms with van der Waals surface area (Å²) in [4.78, 5) is 7.65. The highest BCUT2D eigenvalue weighted by atomic mass is 79.9. The van der Waals surface area contributed by atoms with Crippen LogP contribution in [-0.4, -0.2) is 11.9 Å². The van der Waals surface area contributed by atoms with Crippen molar-refractivity contribution in [2.45, 2.75) is 6.92 Å². The molecule has 0 aliphatic heterocycles. The molecule has 0 atom stereocenters. The van der Waals surface area contributed by atoms with Crippen molar-refractivity contribution in [1.29, 1.82) is 0 Å². The van der Waals surface area contributed by atoms with Gasteiger partial charge in [-0.25, -0.2) is 4.99 Å². The van der Waals surface area contributed by atoms with Gasteiger partial charge in [-0.2, -0.15) is 4.99 Å². The molecule has 7 heteroatoms. The molecule has 0 fully saturated rings. The average molecular weight is 305 g/mol. The summed E-state index contributed by atoms with van der Waals surface area (Å²) in [6, 6.07) is 3.54. The minimum atomic E-state index is -0.148. The van der Waals surface area contributed by atoms with Crippen molar-refractivity contribution in [2.75, 3.05) is 0 Å². The van der Waals surface area contributed by atoms with E-state index in [2.05, 4.69) is 25.9 Å². The highest BCUT2D eigenvalue weighted by molar-refractivity contribution is 9.10. The Labute approximate surface area is 107 Å². The van der Waals surface area contributed by atoms with Crippen LogP contribution in [0.3, 0.4) is 0 Å². The molecule has 16 heavy (non-hydrogen) atoms. The molecule has 1 aromatic carbocycles. The van der Waals surface area contributed by atoms with E-state index < -0.39 is 0 Å². The first-order valence-electron chi connectivity index (χ1n) is 4.30. The Morgan fingerprint density at radius 2 is 1.94 bits per heavy atom. The normalized spacial score (nSPS) is 11.3. The van der Waals surface area contributed by atoms with E-state index in [4.69, 9.17) is 28.8 Å². The lowest BCUT2D eigenvalue weighted by Gasteiger charge is -2.05. The van der Waals surface area contributed by atoms with Crippen molar-refractivity contribution in [3.63, 3.8) is 0 Å². The second-order valence-electron chi connectivity index (χ2n) is 3.01. The molecule has 0 amide bonds. The summed E-state index contributed by atoms with van der Waals surface area (Å²) >= 11 is 9.35. The summed E-state index contributed by atoms with van der Waals surface area (Å²) < 4.78 is 0.883. The van der Waals surface area contributed by atoms with Gasteiger partial charge in [-0.3, -0.25) is 0 Å². The largest absolute Gasteiger partial charge is 0.370 e. The zero-order chi connectivity index (χ0) is 12.3. The van der Waals surface area contributed by atoms with Crippen LogP contribution in [0.5, 0.6) is 0 Å². The fourth-order valence-electron chi connectivity index (χ4n) is 1.05. The number of halogens is 2. The number of aliphatic imine (C=N–C) groups is 2. The van der Waals surface area contributed by atoms with E-state index in [9.17, 15) is 0 Å². The Morgan fingerprint density at radius 1 is 1.31 bits per heavy atom. The van der Waals surface area contributed by atoms with Crippen LogP contribution < -0.4 is 17.2 Å². The monoisotopic (exact) mass is 303 g/mol. The number of hydrogen-bond acceptors (Lipinski definition) is 1. The molecule has 0 radical (unpaired) electrons. The van der Waals surface area contributed by atoms with Gasteiger partial charge in [-0.15, -0.1) is 0 Å². The third-order valence-electron chi connectivity index (χ3n) is 1.79. The second-order valence-corrected chi connectivity index (χ2v) is 4.27. The molecule has 0 saturated carbocycles. The van der Waals surface area contributed by atoms with Gasteiger partial charge in [0.05, 0.1) is 10.7 Å². The Balaban J connectivity index is 3.24. The number of guanidine groups is 2. The van der Waals surface area contributed by atoms with Crippen molar-refractivity contribution >= 4 is 45.1 Å². The van der Waals surface area contributed by atoms with E-state index in [1.165, 1.54) is 0 Å². The van der Waals surface area contributed by atoms with Gasteiger partial charge in [-0.1, -0.05) is 27.5 Å². The number of rotatable bonds is 1. The predicted octanol–water partition coefficient (Wildman–Crippen LogP) is 1.63. The van der Waals surface area contributed by atoms with Crippen molar-refractivity contribution < 1.29 is 0 Å². The molecule has 0 saturated heterocycles. The van der Waals surface area contributed by atoms with Crippen molar-refractivity contribution in [1.82, 2.24) is 0 Å². The van der Waals surface area contributed by atoms with Crippen LogP contribution in [0.15, 0.2) is 26.6 Å². The lowest BCUT2D eigenvalue weighted by Crippen LogP contribution is -2.26. The Kier molecular flexibility index (Phi) is 4.14. The summed E-state index contributed by atoms with van der Waals surface area (Å²) in [5.41, 5.74) is 17.3. The second kappa shape index (κ2) is 5.18. The van der Waals surface area contributed by atoms with E-state index in [0.717, 1.165) is 10.0 Å². The molecule has 0 heterocycles. The van der Waals surface area contributed by atoms with Gasteiger partial charge in [0.2, 0.25) is 5.96 Å². The quantitative estimate of drug-likeness (QED) is 0.542. The summed E-state index contributed by atoms with van der Waals surface area (Å²) in [6.07, 6.45) is 0. The topological polar surface area (TPSA) is 103 Å². The molecule has 5 nitrogen and oxygen atoms in total. The third kappa shape index (κ3) is 3.11. The van der Waals surface area contributed by atoms with Crippen LogP contribution in [0.25, 0.3) is 0 Å². The molecule has 0 unspecified atom stereocenters. The summed E-state index contributed by atoms with van der Waals surface area (Å²) in [7, 11) is 0. The molecule has 86 valence electrons. The number of nitrogens with zero attached hydrogens (tertiary/aromatic N) is 2. The molecule has 0 bridgehead atoms. The molecule has 0 spiro atoms. The Morgan fingerprint density at radius 3 is 2.50 bits per heavy atom. The molecule has 6 N–H and O–H groups in total. The van der Waals surface area contributed by atoms with Crippen LogP contribution in [0, 0.1) is 6.92 Å². The van der Waals surface area contributed by atoms with Crippen LogP contribution in [-0.2, 0) is 0 Å². The van der Waals surface area contributed by atoms with E-state index in [1.54, 1.807) is 6.07 Å². The zero-order valence-corrected chi connectivity index (χ0v) is 10.9. The average Bonchev–Trinajstić information content (AvgIpc) is 2.17. The smallest absolute Gasteiger partial charge is 0.223 e. The first kappa shape index (κ1) is 12.8. The standard InChI is InChI=1S/C9H11BrClN5/c1-4-5(10)2-3-6(11)7(4)15-9(14)16-8(12)13/h2-3H,1H3,(H6,12,13,14,15,16). The summed E-state index contributed by atoms with van der Waals surface area (Å²) in [5.74, 6) is -0.187. The minimum Gasteiger partial charge on any atom is -0.370 e. The molecular formula is C9H11BrClN5. The van der Waals surface area contributed by atoms with Gasteiger partial charge in [0, 0.05) is 4.47 Å². The molecule has 0 aliphatic rings. The minimum absolute atomic E-state index is 0.0388. The summed E-state index contributed by atoms with van der Waals surface area (Å²) in [6.45, 7) is 1.86. The van der Waals surface area contributed by atoms with E-state index in [-0.39, 0.29) is 11.9 Å². The first-order valence-corrected chi connectivity index (χ1v) is 5.47. The SMILES string of the molecule is Cc1c(Br)ccc(Cl)c1N=C(N)N=C(N)N. The Hall–Kier alpha value is -1.27. The number of benzene rings is 1. The third-order valence-corrected chi connectivity index (χ3v) is 2.95. The molecule has 1 rings (SSSR count). The highest BCUT2D eigenvalue weighted by Crippen LogP contribution is 2.33. The predicted molar refractivity (Wildman–Crippen MR) is 71.0 cm³/mol. The highest BCUT2D eigenvalue weighted by Gasteiger charge is 2.06. The van der Waals surface area contributed by atoms with Crippen molar-refractivity contribution in [3.8, 4) is 0 Å². The zero-order valence-electron chi connectivity index (χ0n) is 8.54. The van der Waals surface area contributed by atoms with Crippen LogP contribution in [0.4, 0.5) is 5.69 Å². The fourth-order valence-corrected chi connectivity index (χ4v) is 1.62. The molecule has 0 aliphatic carbocycles. The molecular weight excluding hydrogens is 293 g/mol. The first-order chi connectivity index (χ1) is 7.41. The van der Waals surface area contributed by atoms with Crippen molar-refractivity contribution in [3.05, 3.63) is 27.2 Å². The van der Waals surface area contributed by atoms with Gasteiger partial charge in [0.25, 0.3) is 0 Å².